The van der Waals surface area contributed by atoms with Crippen LogP contribution in [0.25, 0.3) is 0 Å². The molecule has 1 aliphatic heterocycles. The summed E-state index contributed by atoms with van der Waals surface area (Å²) in [5, 5.41) is 6.42. The van der Waals surface area contributed by atoms with Gasteiger partial charge in [0.15, 0.2) is 0 Å². The molecule has 2 N–H and O–H groups in total. The van der Waals surface area contributed by atoms with Gasteiger partial charge in [0.2, 0.25) is 5.91 Å². The molecule has 1 aliphatic rings. The number of amides is 1. The minimum Gasteiger partial charge on any atom is -0.497 e. The summed E-state index contributed by atoms with van der Waals surface area (Å²) >= 11 is 1.77. The van der Waals surface area contributed by atoms with E-state index in [-0.39, 0.29) is 18.1 Å². The van der Waals surface area contributed by atoms with E-state index in [1.165, 1.54) is 11.1 Å². The summed E-state index contributed by atoms with van der Waals surface area (Å²) in [6.45, 7) is 8.79. The molecule has 0 bridgehead atoms. The van der Waals surface area contributed by atoms with Gasteiger partial charge in [0, 0.05) is 24.6 Å². The van der Waals surface area contributed by atoms with Crippen molar-refractivity contribution >= 4 is 24.1 Å². The monoisotopic (exact) mass is 504 g/mol. The molecular weight excluding hydrogens is 464 g/mol. The van der Waals surface area contributed by atoms with Gasteiger partial charge in [0.1, 0.15) is 5.75 Å². The number of nitrogens with one attached hydrogen (secondary N) is 2. The van der Waals surface area contributed by atoms with Crippen LogP contribution >= 0.6 is 11.8 Å². The summed E-state index contributed by atoms with van der Waals surface area (Å²) in [5.74, 6) is 2.53. The van der Waals surface area contributed by atoms with Gasteiger partial charge in [-0.3, -0.25) is 9.59 Å². The fourth-order valence-electron chi connectivity index (χ4n) is 2.87. The molecule has 2 unspecified atom stereocenters. The molecule has 1 fully saturated rings. The predicted octanol–water partition coefficient (Wildman–Crippen LogP) is 3.85. The third kappa shape index (κ3) is 14.4. The number of thioether (sulfide) groups is 1. The average Bonchev–Trinajstić information content (AvgIpc) is 3.74. The highest BCUT2D eigenvalue weighted by Gasteiger charge is 2.25. The molecular formula is C27H40N2O5S. The molecule has 0 aliphatic carbocycles. The van der Waals surface area contributed by atoms with E-state index in [0.717, 1.165) is 36.8 Å². The van der Waals surface area contributed by atoms with Crippen molar-refractivity contribution in [1.29, 1.82) is 0 Å². The van der Waals surface area contributed by atoms with E-state index in [1.807, 2.05) is 56.3 Å². The summed E-state index contributed by atoms with van der Waals surface area (Å²) in [5.41, 5.74) is 2.45. The Morgan fingerprint density at radius 3 is 2.37 bits per heavy atom. The zero-order valence-electron chi connectivity index (χ0n) is 21.3. The van der Waals surface area contributed by atoms with Crippen LogP contribution in [0.3, 0.4) is 0 Å². The highest BCUT2D eigenvalue weighted by Crippen LogP contribution is 2.14. The normalized spacial score (nSPS) is 14.2. The second kappa shape index (κ2) is 19.7. The number of carbonyl (C=O) groups is 2. The van der Waals surface area contributed by atoms with Crippen LogP contribution in [0.1, 0.15) is 31.9 Å². The van der Waals surface area contributed by atoms with Crippen LogP contribution < -0.4 is 15.4 Å². The molecule has 0 aromatic heterocycles. The zero-order chi connectivity index (χ0) is 25.7. The summed E-state index contributed by atoms with van der Waals surface area (Å²) in [7, 11) is 1.66. The van der Waals surface area contributed by atoms with Crippen molar-refractivity contribution in [2.24, 2.45) is 0 Å². The lowest BCUT2D eigenvalue weighted by molar-refractivity contribution is -0.128. The third-order valence-corrected chi connectivity index (χ3v) is 5.92. The van der Waals surface area contributed by atoms with Gasteiger partial charge in [-0.1, -0.05) is 56.3 Å². The molecule has 1 amide bonds. The fraction of sp³-hybridized carbons (Fsp3) is 0.481. The Kier molecular flexibility index (Phi) is 17.2. The highest BCUT2D eigenvalue weighted by atomic mass is 32.2. The first-order chi connectivity index (χ1) is 17.2. The van der Waals surface area contributed by atoms with Crippen LogP contribution in [0.4, 0.5) is 0 Å². The minimum absolute atomic E-state index is 0.0507. The van der Waals surface area contributed by atoms with Crippen LogP contribution in [0.2, 0.25) is 0 Å². The van der Waals surface area contributed by atoms with Crippen LogP contribution in [-0.2, 0) is 31.2 Å². The topological polar surface area (TPSA) is 89.2 Å². The number of epoxide rings is 1. The summed E-state index contributed by atoms with van der Waals surface area (Å²) in [6, 6.07) is 18.1. The van der Waals surface area contributed by atoms with Crippen molar-refractivity contribution in [1.82, 2.24) is 10.6 Å². The summed E-state index contributed by atoms with van der Waals surface area (Å²) in [6.07, 6.45) is 1.06. The first-order valence-corrected chi connectivity index (χ1v) is 13.2. The molecule has 2 aromatic rings. The number of rotatable bonds is 14. The molecule has 2 atom stereocenters. The first-order valence-electron chi connectivity index (χ1n) is 12.1. The molecule has 194 valence electrons. The Bertz CT molecular complexity index is 801. The Morgan fingerprint density at radius 2 is 1.83 bits per heavy atom. The number of ether oxygens (including phenoxy) is 3. The van der Waals surface area contributed by atoms with Gasteiger partial charge >= 0.3 is 0 Å². The first kappa shape index (κ1) is 30.5. The van der Waals surface area contributed by atoms with Gasteiger partial charge in [-0.05, 0) is 36.6 Å². The Balaban J connectivity index is 0.000000779. The van der Waals surface area contributed by atoms with Gasteiger partial charge in [-0.25, -0.2) is 0 Å². The summed E-state index contributed by atoms with van der Waals surface area (Å²) < 4.78 is 14.6. The Morgan fingerprint density at radius 1 is 1.14 bits per heavy atom. The maximum atomic E-state index is 12.7. The Hall–Kier alpha value is -2.55. The van der Waals surface area contributed by atoms with Gasteiger partial charge in [-0.15, -0.1) is 0 Å². The van der Waals surface area contributed by atoms with Crippen molar-refractivity contribution in [3.05, 3.63) is 65.7 Å². The second-order valence-corrected chi connectivity index (χ2v) is 8.39. The van der Waals surface area contributed by atoms with Crippen LogP contribution in [0.5, 0.6) is 5.75 Å². The summed E-state index contributed by atoms with van der Waals surface area (Å²) in [4.78, 5) is 21.8. The molecule has 3 rings (SSSR count). The van der Waals surface area contributed by atoms with E-state index in [0.29, 0.717) is 19.6 Å². The molecule has 1 heterocycles. The number of hydrogen-bond donors (Lipinski definition) is 2. The quantitative estimate of drug-likeness (QED) is 0.298. The van der Waals surface area contributed by atoms with Gasteiger partial charge in [-0.2, -0.15) is 11.8 Å². The van der Waals surface area contributed by atoms with Crippen molar-refractivity contribution in [3.8, 4) is 5.75 Å². The number of benzene rings is 2. The third-order valence-electron chi connectivity index (χ3n) is 4.81. The maximum Gasteiger partial charge on any atom is 0.293 e. The lowest BCUT2D eigenvalue weighted by Crippen LogP contribution is -2.47. The van der Waals surface area contributed by atoms with Crippen LogP contribution in [-0.4, -0.2) is 63.7 Å². The minimum atomic E-state index is -0.214. The lowest BCUT2D eigenvalue weighted by atomic mass is 10.1. The largest absolute Gasteiger partial charge is 0.497 e. The molecule has 35 heavy (non-hydrogen) atoms. The SMILES string of the molecule is CC.CCOC=O.COc1ccc(CCNC(=O)C(CSCc2ccccc2)NCC2CO2)cc1. The highest BCUT2D eigenvalue weighted by molar-refractivity contribution is 7.98. The average molecular weight is 505 g/mol. The lowest BCUT2D eigenvalue weighted by Gasteiger charge is -2.18. The molecule has 1 saturated heterocycles. The zero-order valence-corrected chi connectivity index (χ0v) is 22.1. The molecule has 0 radical (unpaired) electrons. The van der Waals surface area contributed by atoms with E-state index >= 15 is 0 Å². The predicted molar refractivity (Wildman–Crippen MR) is 143 cm³/mol. The van der Waals surface area contributed by atoms with E-state index in [4.69, 9.17) is 9.47 Å². The number of methoxy groups -OCH3 is 1. The van der Waals surface area contributed by atoms with E-state index in [2.05, 4.69) is 27.5 Å². The maximum absolute atomic E-state index is 12.7. The Labute approximate surface area is 214 Å². The van der Waals surface area contributed by atoms with Crippen LogP contribution in [0, 0.1) is 0 Å². The molecule has 2 aromatic carbocycles. The van der Waals surface area contributed by atoms with Crippen LogP contribution in [0.15, 0.2) is 54.6 Å². The molecule has 8 heteroatoms. The molecule has 0 saturated carbocycles. The smallest absolute Gasteiger partial charge is 0.293 e. The van der Waals surface area contributed by atoms with Crippen molar-refractivity contribution in [3.63, 3.8) is 0 Å². The van der Waals surface area contributed by atoms with Gasteiger partial charge in [0.25, 0.3) is 6.47 Å². The number of hydrogen-bond acceptors (Lipinski definition) is 7. The van der Waals surface area contributed by atoms with Gasteiger partial charge in [0.05, 0.1) is 32.5 Å². The fourth-order valence-corrected chi connectivity index (χ4v) is 3.92. The molecule has 0 spiro atoms. The van der Waals surface area contributed by atoms with Crippen molar-refractivity contribution < 1.29 is 23.8 Å². The number of carbonyl (C=O) groups excluding carboxylic acids is 2. The molecule has 7 nitrogen and oxygen atoms in total. The second-order valence-electron chi connectivity index (χ2n) is 7.36. The van der Waals surface area contributed by atoms with E-state index < -0.39 is 0 Å². The van der Waals surface area contributed by atoms with Crippen molar-refractivity contribution in [2.45, 2.75) is 45.1 Å². The van der Waals surface area contributed by atoms with E-state index in [1.54, 1.807) is 25.8 Å². The van der Waals surface area contributed by atoms with E-state index in [9.17, 15) is 9.59 Å². The van der Waals surface area contributed by atoms with Crippen molar-refractivity contribution in [2.75, 3.05) is 39.2 Å². The standard InChI is InChI=1S/C22H28N2O3S.C3H6O2.C2H6/c1-26-19-9-7-17(8-10-19)11-12-23-22(25)21(24-13-20-14-27-20)16-28-15-18-5-3-2-4-6-18;1-2-5-3-4;1-2/h2-10,20-21,24H,11-16H2,1H3,(H,23,25);3H,2H2,1H3;1-2H3. The van der Waals surface area contributed by atoms with Gasteiger partial charge < -0.3 is 24.8 Å².